The molecule has 10 heteroatoms. The molecule has 2 aromatic rings. The highest BCUT2D eigenvalue weighted by Gasteiger charge is 2.26. The molecule has 8 nitrogen and oxygen atoms in total. The van der Waals surface area contributed by atoms with Gasteiger partial charge in [-0.25, -0.2) is 9.37 Å². The third-order valence-electron chi connectivity index (χ3n) is 5.46. The first-order valence-corrected chi connectivity index (χ1v) is 10.9. The first kappa shape index (κ1) is 25.0. The molecule has 1 unspecified atom stereocenters. The second-order valence-electron chi connectivity index (χ2n) is 8.09. The maximum Gasteiger partial charge on any atom is 0.258 e. The second kappa shape index (κ2) is 12.0. The third kappa shape index (κ3) is 7.44. The number of carbonyl (C=O) groups is 1. The zero-order valence-corrected chi connectivity index (χ0v) is 20.9. The van der Waals surface area contributed by atoms with Crippen molar-refractivity contribution in [3.63, 3.8) is 0 Å². The van der Waals surface area contributed by atoms with Gasteiger partial charge in [-0.2, -0.15) is 0 Å². The van der Waals surface area contributed by atoms with Crippen LogP contribution in [0.25, 0.3) is 0 Å². The van der Waals surface area contributed by atoms with E-state index < -0.39 is 0 Å². The molecule has 0 radical (unpaired) electrons. The summed E-state index contributed by atoms with van der Waals surface area (Å²) in [6, 6.07) is 11.1. The lowest BCUT2D eigenvalue weighted by Gasteiger charge is -2.20. The number of anilines is 1. The number of rotatable bonds is 8. The first-order chi connectivity index (χ1) is 15.6. The molecule has 1 amide bonds. The van der Waals surface area contributed by atoms with Crippen molar-refractivity contribution in [2.75, 3.05) is 31.6 Å². The van der Waals surface area contributed by atoms with Gasteiger partial charge in [0.15, 0.2) is 24.2 Å². The molecular weight excluding hydrogens is 538 g/mol. The van der Waals surface area contributed by atoms with E-state index in [0.717, 1.165) is 31.4 Å². The van der Waals surface area contributed by atoms with Crippen LogP contribution in [-0.2, 0) is 11.3 Å². The maximum atomic E-state index is 14.0. The Labute approximate surface area is 210 Å². The van der Waals surface area contributed by atoms with Crippen molar-refractivity contribution in [3.05, 3.63) is 54.0 Å². The van der Waals surface area contributed by atoms with Crippen LogP contribution >= 0.6 is 24.0 Å². The Hall–Kier alpha value is -2.63. The number of guanidine groups is 1. The minimum atomic E-state index is -0.303. The van der Waals surface area contributed by atoms with Gasteiger partial charge in [-0.15, -0.1) is 24.0 Å². The van der Waals surface area contributed by atoms with Crippen molar-refractivity contribution in [1.29, 1.82) is 0 Å². The summed E-state index contributed by atoms with van der Waals surface area (Å²) in [5.41, 5.74) is 1.01. The number of amides is 1. The zero-order valence-electron chi connectivity index (χ0n) is 18.6. The monoisotopic (exact) mass is 568 g/mol. The summed E-state index contributed by atoms with van der Waals surface area (Å²) in [7, 11) is 1.72. The average molecular weight is 568 g/mol. The summed E-state index contributed by atoms with van der Waals surface area (Å²) in [6.07, 6.45) is 4.59. The number of benzene rings is 1. The lowest BCUT2D eigenvalue weighted by Crippen LogP contribution is -2.44. The van der Waals surface area contributed by atoms with Crippen LogP contribution in [0.3, 0.4) is 0 Å². The van der Waals surface area contributed by atoms with Crippen LogP contribution in [0, 0.1) is 5.82 Å². The van der Waals surface area contributed by atoms with Crippen LogP contribution in [-0.4, -0.2) is 55.7 Å². The molecule has 178 valence electrons. The summed E-state index contributed by atoms with van der Waals surface area (Å²) in [5, 5.41) is 9.61. The highest BCUT2D eigenvalue weighted by atomic mass is 127. The molecule has 1 aromatic carbocycles. The van der Waals surface area contributed by atoms with Crippen LogP contribution in [0.2, 0.25) is 0 Å². The molecule has 33 heavy (non-hydrogen) atoms. The number of ether oxygens (including phenoxy) is 1. The highest BCUT2D eigenvalue weighted by molar-refractivity contribution is 14.0. The molecule has 1 aliphatic carbocycles. The van der Waals surface area contributed by atoms with Crippen LogP contribution in [0.4, 0.5) is 10.2 Å². The lowest BCUT2D eigenvalue weighted by atomic mass is 10.2. The second-order valence-corrected chi connectivity index (χ2v) is 8.09. The normalized spacial score (nSPS) is 17.8. The predicted octanol–water partition coefficient (Wildman–Crippen LogP) is 2.44. The van der Waals surface area contributed by atoms with Gasteiger partial charge in [-0.05, 0) is 49.1 Å². The Bertz CT molecular complexity index is 971. The van der Waals surface area contributed by atoms with Gasteiger partial charge in [-0.3, -0.25) is 9.79 Å². The largest absolute Gasteiger partial charge is 0.484 e. The topological polar surface area (TPSA) is 90.9 Å². The molecule has 1 saturated carbocycles. The number of nitrogens with zero attached hydrogens (tertiary/aromatic N) is 3. The molecule has 3 N–H and O–H groups in total. The number of hydrogen-bond donors (Lipinski definition) is 3. The number of pyridine rings is 1. The van der Waals surface area contributed by atoms with Gasteiger partial charge < -0.3 is 25.6 Å². The predicted molar refractivity (Wildman–Crippen MR) is 137 cm³/mol. The third-order valence-corrected chi connectivity index (χ3v) is 5.46. The molecular formula is C23H30FIN6O2. The van der Waals surface area contributed by atoms with Crippen molar-refractivity contribution >= 4 is 41.7 Å². The van der Waals surface area contributed by atoms with Gasteiger partial charge in [0.05, 0.1) is 0 Å². The number of carbonyl (C=O) groups excluding carboxylic acids is 1. The van der Waals surface area contributed by atoms with Crippen molar-refractivity contribution in [1.82, 2.24) is 20.9 Å². The molecule has 0 bridgehead atoms. The summed E-state index contributed by atoms with van der Waals surface area (Å²) >= 11 is 0. The molecule has 4 rings (SSSR count). The number of nitrogens with one attached hydrogen (secondary N) is 3. The summed E-state index contributed by atoms with van der Waals surface area (Å²) in [5.74, 6) is 1.33. The number of aliphatic imine (C=N–C) groups is 1. The van der Waals surface area contributed by atoms with E-state index in [4.69, 9.17) is 4.74 Å². The van der Waals surface area contributed by atoms with Crippen molar-refractivity contribution in [2.24, 2.45) is 4.99 Å². The maximum absolute atomic E-state index is 14.0. The van der Waals surface area contributed by atoms with Crippen molar-refractivity contribution in [2.45, 2.75) is 37.9 Å². The minimum Gasteiger partial charge on any atom is -0.484 e. The standard InChI is InChI=1S/C23H29FN6O2.HI/c1-25-23(29-18-9-11-30(14-18)22-20(24)6-3-10-26-22)27-13-16-4-2-5-19(12-16)32-15-21(31)28-17-7-8-17;/h2-6,10,12,17-18H,7-9,11,13-15H2,1H3,(H,28,31)(H2,25,27,29);1H. The first-order valence-electron chi connectivity index (χ1n) is 10.9. The summed E-state index contributed by atoms with van der Waals surface area (Å²) in [6.45, 7) is 1.96. The fourth-order valence-corrected chi connectivity index (χ4v) is 3.65. The van der Waals surface area contributed by atoms with E-state index in [1.807, 2.05) is 29.2 Å². The molecule has 1 saturated heterocycles. The SMILES string of the molecule is CN=C(NCc1cccc(OCC(=O)NC2CC2)c1)NC1CCN(c2ncccc2F)C1.I. The molecule has 1 atom stereocenters. The van der Waals surface area contributed by atoms with Gasteiger partial charge in [-0.1, -0.05) is 12.1 Å². The van der Waals surface area contributed by atoms with E-state index in [-0.39, 0.29) is 48.3 Å². The van der Waals surface area contributed by atoms with Crippen LogP contribution in [0.1, 0.15) is 24.8 Å². The summed E-state index contributed by atoms with van der Waals surface area (Å²) < 4.78 is 19.6. The molecule has 1 aliphatic heterocycles. The van der Waals surface area contributed by atoms with E-state index in [9.17, 15) is 9.18 Å². The number of aromatic nitrogens is 1. The Morgan fingerprint density at radius 3 is 2.82 bits per heavy atom. The van der Waals surface area contributed by atoms with E-state index in [0.29, 0.717) is 36.7 Å². The number of hydrogen-bond acceptors (Lipinski definition) is 5. The average Bonchev–Trinajstić information content (AvgIpc) is 3.50. The van der Waals surface area contributed by atoms with Crippen molar-refractivity contribution in [3.8, 4) is 5.75 Å². The van der Waals surface area contributed by atoms with Gasteiger partial charge >= 0.3 is 0 Å². The Morgan fingerprint density at radius 2 is 2.06 bits per heavy atom. The molecule has 2 aliphatic rings. The highest BCUT2D eigenvalue weighted by Crippen LogP contribution is 2.21. The smallest absolute Gasteiger partial charge is 0.258 e. The van der Waals surface area contributed by atoms with Crippen LogP contribution in [0.15, 0.2) is 47.6 Å². The summed E-state index contributed by atoms with van der Waals surface area (Å²) in [4.78, 5) is 22.2. The van der Waals surface area contributed by atoms with Gasteiger partial charge in [0, 0.05) is 45.0 Å². The Kier molecular flexibility index (Phi) is 9.10. The quantitative estimate of drug-likeness (QED) is 0.258. The molecule has 2 heterocycles. The fourth-order valence-electron chi connectivity index (χ4n) is 3.65. The molecule has 2 fully saturated rings. The minimum absolute atomic E-state index is 0. The van der Waals surface area contributed by atoms with E-state index in [2.05, 4.69) is 25.9 Å². The lowest BCUT2D eigenvalue weighted by molar-refractivity contribution is -0.123. The van der Waals surface area contributed by atoms with Crippen LogP contribution < -0.4 is 25.6 Å². The Morgan fingerprint density at radius 1 is 1.21 bits per heavy atom. The van der Waals surface area contributed by atoms with E-state index >= 15 is 0 Å². The fraction of sp³-hybridized carbons (Fsp3) is 0.435. The molecule has 1 aromatic heterocycles. The van der Waals surface area contributed by atoms with Gasteiger partial charge in [0.1, 0.15) is 5.75 Å². The van der Waals surface area contributed by atoms with E-state index in [1.54, 1.807) is 19.3 Å². The van der Waals surface area contributed by atoms with Crippen molar-refractivity contribution < 1.29 is 13.9 Å². The Balaban J connectivity index is 0.00000306. The van der Waals surface area contributed by atoms with E-state index in [1.165, 1.54) is 6.07 Å². The van der Waals surface area contributed by atoms with Gasteiger partial charge in [0.2, 0.25) is 0 Å². The zero-order chi connectivity index (χ0) is 22.3. The number of halogens is 2. The van der Waals surface area contributed by atoms with Crippen LogP contribution in [0.5, 0.6) is 5.75 Å². The van der Waals surface area contributed by atoms with Gasteiger partial charge in [0.25, 0.3) is 5.91 Å². The molecule has 0 spiro atoms.